The van der Waals surface area contributed by atoms with Gasteiger partial charge in [-0.05, 0) is 86.9 Å². The van der Waals surface area contributed by atoms with Gasteiger partial charge in [0.25, 0.3) is 5.91 Å². The summed E-state index contributed by atoms with van der Waals surface area (Å²) in [7, 11) is 1.84. The highest BCUT2D eigenvalue weighted by atomic mass is 19.4. The number of fused-ring (bicyclic) bond motifs is 1. The summed E-state index contributed by atoms with van der Waals surface area (Å²) in [6.45, 7) is 3.95. The molecule has 2 aliphatic carbocycles. The Balaban J connectivity index is 1.35. The minimum Gasteiger partial charge on any atom is -0.390 e. The summed E-state index contributed by atoms with van der Waals surface area (Å²) in [5.41, 5.74) is -0.426. The Bertz CT molecular complexity index is 1450. The molecule has 0 bridgehead atoms. The monoisotopic (exact) mass is 539 g/mol. The highest BCUT2D eigenvalue weighted by Crippen LogP contribution is 2.54. The molecule has 2 heterocycles. The number of alkyl halides is 3. The lowest BCUT2D eigenvalue weighted by Crippen LogP contribution is -2.54. The number of nitrogens with one attached hydrogen (secondary N) is 1. The number of amides is 1. The van der Waals surface area contributed by atoms with Crippen molar-refractivity contribution in [1.82, 2.24) is 20.1 Å². The van der Waals surface area contributed by atoms with E-state index in [1.807, 2.05) is 23.7 Å². The van der Waals surface area contributed by atoms with Gasteiger partial charge in [-0.1, -0.05) is 12.1 Å². The lowest BCUT2D eigenvalue weighted by molar-refractivity contribution is -0.138. The summed E-state index contributed by atoms with van der Waals surface area (Å²) in [5.74, 6) is 0.247. The van der Waals surface area contributed by atoms with Crippen LogP contribution in [0.15, 0.2) is 42.7 Å². The minimum absolute atomic E-state index is 0.00565. The first-order valence-corrected chi connectivity index (χ1v) is 13.3. The fourth-order valence-electron chi connectivity index (χ4n) is 6.66. The third-order valence-corrected chi connectivity index (χ3v) is 8.80. The molecule has 0 unspecified atom stereocenters. The lowest BCUT2D eigenvalue weighted by atomic mass is 9.56. The molecule has 2 aromatic carbocycles. The van der Waals surface area contributed by atoms with Crippen LogP contribution >= 0.6 is 0 Å². The zero-order valence-corrected chi connectivity index (χ0v) is 22.3. The first kappa shape index (κ1) is 26.0. The first-order chi connectivity index (χ1) is 18.3. The number of rotatable bonds is 6. The third-order valence-electron chi connectivity index (χ3n) is 8.80. The number of aliphatic hydroxyl groups is 1. The van der Waals surface area contributed by atoms with Gasteiger partial charge in [0.05, 0.1) is 23.1 Å². The van der Waals surface area contributed by atoms with Crippen LogP contribution in [0.4, 0.5) is 18.9 Å². The van der Waals surface area contributed by atoms with Crippen molar-refractivity contribution in [3.63, 3.8) is 0 Å². The third kappa shape index (κ3) is 4.34. The second kappa shape index (κ2) is 8.63. The van der Waals surface area contributed by atoms with Gasteiger partial charge < -0.3 is 19.9 Å². The van der Waals surface area contributed by atoms with Crippen LogP contribution in [0.3, 0.4) is 0 Å². The topological polar surface area (TPSA) is 83.3 Å². The molecule has 2 N–H and O–H groups in total. The smallest absolute Gasteiger partial charge is 0.390 e. The van der Waals surface area contributed by atoms with E-state index in [9.17, 15) is 23.1 Å². The van der Waals surface area contributed by atoms with Crippen LogP contribution in [0.1, 0.15) is 84.4 Å². The molecule has 7 nitrogen and oxygen atoms in total. The Kier molecular flexibility index (Phi) is 5.75. The van der Waals surface area contributed by atoms with E-state index in [4.69, 9.17) is 0 Å². The summed E-state index contributed by atoms with van der Waals surface area (Å²) in [6, 6.07) is 10.1. The van der Waals surface area contributed by atoms with Gasteiger partial charge in [-0.15, -0.1) is 10.2 Å². The average Bonchev–Trinajstić information content (AvgIpc) is 3.42. The Morgan fingerprint density at radius 1 is 1.13 bits per heavy atom. The van der Waals surface area contributed by atoms with Crippen molar-refractivity contribution in [2.75, 3.05) is 4.90 Å². The van der Waals surface area contributed by atoms with Crippen molar-refractivity contribution in [2.45, 2.75) is 81.8 Å². The van der Waals surface area contributed by atoms with Gasteiger partial charge in [-0.25, -0.2) is 0 Å². The van der Waals surface area contributed by atoms with E-state index in [1.165, 1.54) is 11.0 Å². The molecule has 6 rings (SSSR count). The van der Waals surface area contributed by atoms with Gasteiger partial charge in [0.2, 0.25) is 0 Å². The number of carbonyl (C=O) groups is 1. The van der Waals surface area contributed by atoms with E-state index in [-0.39, 0.29) is 29.8 Å². The number of hydrogen-bond acceptors (Lipinski definition) is 5. The summed E-state index contributed by atoms with van der Waals surface area (Å²) < 4.78 is 44.4. The summed E-state index contributed by atoms with van der Waals surface area (Å²) in [6.07, 6.45) is 0.923. The molecule has 206 valence electrons. The van der Waals surface area contributed by atoms with Crippen molar-refractivity contribution in [2.24, 2.45) is 7.05 Å². The molecule has 0 atom stereocenters. The van der Waals surface area contributed by atoms with E-state index >= 15 is 0 Å². The fourth-order valence-corrected chi connectivity index (χ4v) is 6.66. The van der Waals surface area contributed by atoms with Gasteiger partial charge in [-0.2, -0.15) is 13.2 Å². The SMILES string of the molecule is Cn1cnnc1[C@]1(c2cccc(N3Cc4c(cc(CNC5(C)CCC5)cc4C(F)(F)F)C3=O)c2)C[C@@](C)(O)C1. The number of benzene rings is 2. The maximum Gasteiger partial charge on any atom is 0.416 e. The van der Waals surface area contributed by atoms with Gasteiger partial charge in [0.15, 0.2) is 0 Å². The van der Waals surface area contributed by atoms with Gasteiger partial charge >= 0.3 is 6.18 Å². The molecule has 0 saturated heterocycles. The zero-order valence-electron chi connectivity index (χ0n) is 22.3. The van der Waals surface area contributed by atoms with Crippen LogP contribution in [0.2, 0.25) is 0 Å². The Morgan fingerprint density at radius 3 is 2.46 bits per heavy atom. The van der Waals surface area contributed by atoms with Crippen LogP contribution < -0.4 is 10.2 Å². The van der Waals surface area contributed by atoms with Crippen LogP contribution in [-0.2, 0) is 31.7 Å². The number of halogens is 3. The molecule has 10 heteroatoms. The van der Waals surface area contributed by atoms with E-state index in [1.54, 1.807) is 31.5 Å². The molecular weight excluding hydrogens is 507 g/mol. The Morgan fingerprint density at radius 2 is 1.87 bits per heavy atom. The molecule has 2 fully saturated rings. The Labute approximate surface area is 225 Å². The Hall–Kier alpha value is -3.24. The lowest BCUT2D eigenvalue weighted by Gasteiger charge is -2.51. The number of anilines is 1. The zero-order chi connectivity index (χ0) is 27.8. The maximum absolute atomic E-state index is 14.2. The molecule has 2 saturated carbocycles. The van der Waals surface area contributed by atoms with Crippen molar-refractivity contribution in [3.05, 3.63) is 76.4 Å². The summed E-state index contributed by atoms with van der Waals surface area (Å²) in [5, 5.41) is 22.4. The second-order valence-electron chi connectivity index (χ2n) is 12.1. The molecular formula is C29H32F3N5O2. The molecule has 0 radical (unpaired) electrons. The quantitative estimate of drug-likeness (QED) is 0.468. The number of aromatic nitrogens is 3. The number of aryl methyl sites for hydroxylation is 1. The van der Waals surface area contributed by atoms with Crippen molar-refractivity contribution < 1.29 is 23.1 Å². The van der Waals surface area contributed by atoms with Gasteiger partial charge in [0.1, 0.15) is 12.2 Å². The molecule has 39 heavy (non-hydrogen) atoms. The predicted octanol–water partition coefficient (Wildman–Crippen LogP) is 4.86. The van der Waals surface area contributed by atoms with Crippen LogP contribution in [-0.4, -0.2) is 36.9 Å². The number of nitrogens with zero attached hydrogens (tertiary/aromatic N) is 4. The first-order valence-electron chi connectivity index (χ1n) is 13.3. The van der Waals surface area contributed by atoms with Gasteiger partial charge in [0, 0.05) is 30.4 Å². The normalized spacial score (nSPS) is 25.8. The fraction of sp³-hybridized carbons (Fsp3) is 0.483. The molecule has 1 aliphatic heterocycles. The van der Waals surface area contributed by atoms with Crippen LogP contribution in [0.25, 0.3) is 0 Å². The highest BCUT2D eigenvalue weighted by molar-refractivity contribution is 6.10. The largest absolute Gasteiger partial charge is 0.416 e. The molecule has 3 aromatic rings. The van der Waals surface area contributed by atoms with Crippen molar-refractivity contribution in [1.29, 1.82) is 0 Å². The molecule has 1 amide bonds. The van der Waals surface area contributed by atoms with E-state index in [0.717, 1.165) is 24.8 Å². The van der Waals surface area contributed by atoms with Gasteiger partial charge in [-0.3, -0.25) is 4.79 Å². The highest BCUT2D eigenvalue weighted by Gasteiger charge is 2.56. The van der Waals surface area contributed by atoms with E-state index in [2.05, 4.69) is 22.4 Å². The maximum atomic E-state index is 14.2. The van der Waals surface area contributed by atoms with Crippen LogP contribution in [0, 0.1) is 0 Å². The van der Waals surface area contributed by atoms with Crippen molar-refractivity contribution in [3.8, 4) is 0 Å². The molecule has 1 aromatic heterocycles. The standard InChI is InChI=1S/C29H32F3N5O2/c1-26(8-5-9-26)33-13-18-10-21-22(23(11-18)29(30,31)32)14-37(24(21)38)20-7-4-6-19(12-20)28(15-27(2,39)16-28)25-35-34-17-36(25)3/h4,6-7,10-12,17,33,39H,5,8-9,13-16H2,1-3H3/t27-,28-. The predicted molar refractivity (Wildman–Crippen MR) is 139 cm³/mol. The molecule has 3 aliphatic rings. The second-order valence-corrected chi connectivity index (χ2v) is 12.1. The van der Waals surface area contributed by atoms with Crippen LogP contribution in [0.5, 0.6) is 0 Å². The average molecular weight is 540 g/mol. The number of hydrogen-bond donors (Lipinski definition) is 2. The minimum atomic E-state index is -4.58. The number of carbonyl (C=O) groups excluding carboxylic acids is 1. The molecule has 0 spiro atoms. The summed E-state index contributed by atoms with van der Waals surface area (Å²) in [4.78, 5) is 15.0. The van der Waals surface area contributed by atoms with E-state index in [0.29, 0.717) is 29.9 Å². The van der Waals surface area contributed by atoms with Crippen molar-refractivity contribution >= 4 is 11.6 Å². The van der Waals surface area contributed by atoms with E-state index < -0.39 is 28.7 Å². The summed E-state index contributed by atoms with van der Waals surface area (Å²) >= 11 is 0.